The second-order valence-corrected chi connectivity index (χ2v) is 5.69. The van der Waals surface area contributed by atoms with Crippen molar-refractivity contribution < 1.29 is 4.79 Å². The van der Waals surface area contributed by atoms with Gasteiger partial charge in [0.05, 0.1) is 12.6 Å². The maximum Gasteiger partial charge on any atom is 0.237 e. The van der Waals surface area contributed by atoms with Gasteiger partial charge in [-0.1, -0.05) is 13.3 Å². The molecule has 1 saturated heterocycles. The maximum absolute atomic E-state index is 11.9. The Morgan fingerprint density at radius 2 is 2.22 bits per heavy atom. The van der Waals surface area contributed by atoms with Crippen LogP contribution in [0.25, 0.3) is 0 Å². The van der Waals surface area contributed by atoms with Crippen molar-refractivity contribution in [2.24, 2.45) is 0 Å². The van der Waals surface area contributed by atoms with Gasteiger partial charge in [0.2, 0.25) is 5.91 Å². The Morgan fingerprint density at radius 3 is 2.83 bits per heavy atom. The van der Waals surface area contributed by atoms with E-state index in [4.69, 9.17) is 0 Å². The molecular formula is C13H21ClN2OS. The maximum atomic E-state index is 11.9. The Balaban J connectivity index is 0.00000162. The highest BCUT2D eigenvalue weighted by Gasteiger charge is 2.19. The average Bonchev–Trinajstić information content (AvgIpc) is 2.85. The highest BCUT2D eigenvalue weighted by molar-refractivity contribution is 7.11. The third-order valence-electron chi connectivity index (χ3n) is 3.13. The number of rotatable bonds is 4. The molecule has 1 aliphatic rings. The van der Waals surface area contributed by atoms with E-state index in [0.717, 1.165) is 25.8 Å². The third kappa shape index (κ3) is 4.26. The van der Waals surface area contributed by atoms with Crippen molar-refractivity contribution in [3.63, 3.8) is 0 Å². The molecule has 1 aromatic heterocycles. The fourth-order valence-corrected chi connectivity index (χ4v) is 2.98. The number of aryl methyl sites for hydroxylation is 1. The Hall–Kier alpha value is -0.580. The summed E-state index contributed by atoms with van der Waals surface area (Å²) in [4.78, 5) is 14.5. The van der Waals surface area contributed by atoms with Crippen molar-refractivity contribution in [3.8, 4) is 0 Å². The van der Waals surface area contributed by atoms with Gasteiger partial charge in [0, 0.05) is 9.75 Å². The molecule has 2 heterocycles. The Labute approximate surface area is 119 Å². The molecule has 102 valence electrons. The normalized spacial score (nSPS) is 19.1. The summed E-state index contributed by atoms with van der Waals surface area (Å²) in [6.45, 7) is 3.79. The lowest BCUT2D eigenvalue weighted by atomic mass is 10.0. The molecule has 0 spiro atoms. The molecule has 2 rings (SSSR count). The molecule has 0 saturated carbocycles. The van der Waals surface area contributed by atoms with Crippen LogP contribution in [0.5, 0.6) is 0 Å². The third-order valence-corrected chi connectivity index (χ3v) is 4.36. The predicted octanol–water partition coefficient (Wildman–Crippen LogP) is 2.49. The minimum Gasteiger partial charge on any atom is -0.350 e. The predicted molar refractivity (Wildman–Crippen MR) is 78.4 cm³/mol. The fourth-order valence-electron chi connectivity index (χ4n) is 2.08. The molecule has 0 unspecified atom stereocenters. The number of halogens is 1. The molecule has 1 aromatic rings. The van der Waals surface area contributed by atoms with E-state index in [-0.39, 0.29) is 24.4 Å². The summed E-state index contributed by atoms with van der Waals surface area (Å²) < 4.78 is 0. The molecule has 3 nitrogen and oxygen atoms in total. The van der Waals surface area contributed by atoms with Gasteiger partial charge in [-0.3, -0.25) is 4.79 Å². The summed E-state index contributed by atoms with van der Waals surface area (Å²) >= 11 is 1.79. The highest BCUT2D eigenvalue weighted by atomic mass is 35.5. The summed E-state index contributed by atoms with van der Waals surface area (Å²) in [5.41, 5.74) is 0. The molecular weight excluding hydrogens is 268 g/mol. The second kappa shape index (κ2) is 7.77. The van der Waals surface area contributed by atoms with Gasteiger partial charge in [0.25, 0.3) is 0 Å². The van der Waals surface area contributed by atoms with Crippen LogP contribution >= 0.6 is 23.7 Å². The van der Waals surface area contributed by atoms with Crippen molar-refractivity contribution in [3.05, 3.63) is 21.9 Å². The van der Waals surface area contributed by atoms with Gasteiger partial charge in [-0.2, -0.15) is 0 Å². The first kappa shape index (κ1) is 15.5. The lowest BCUT2D eigenvalue weighted by molar-refractivity contribution is -0.123. The molecule has 0 bridgehead atoms. The van der Waals surface area contributed by atoms with E-state index in [2.05, 4.69) is 29.7 Å². The first-order chi connectivity index (χ1) is 8.29. The number of nitrogens with one attached hydrogen (secondary N) is 2. The SMILES string of the molecule is CCc1ccc(CNC(=O)[C@H]2CCCCN2)s1.Cl. The average molecular weight is 289 g/mol. The van der Waals surface area contributed by atoms with Crippen LogP contribution in [0.4, 0.5) is 0 Å². The monoisotopic (exact) mass is 288 g/mol. The zero-order chi connectivity index (χ0) is 12.1. The van der Waals surface area contributed by atoms with Crippen LogP contribution in [0.2, 0.25) is 0 Å². The van der Waals surface area contributed by atoms with E-state index in [1.165, 1.54) is 16.2 Å². The van der Waals surface area contributed by atoms with Crippen molar-refractivity contribution >= 4 is 29.7 Å². The molecule has 0 aliphatic carbocycles. The Kier molecular flexibility index (Phi) is 6.68. The Bertz CT molecular complexity index is 375. The molecule has 1 atom stereocenters. The number of piperidine rings is 1. The first-order valence-corrected chi connectivity index (χ1v) is 7.20. The van der Waals surface area contributed by atoms with Gasteiger partial charge < -0.3 is 10.6 Å². The quantitative estimate of drug-likeness (QED) is 0.894. The Morgan fingerprint density at radius 1 is 1.44 bits per heavy atom. The summed E-state index contributed by atoms with van der Waals surface area (Å²) in [6, 6.07) is 4.28. The molecule has 1 amide bonds. The molecule has 18 heavy (non-hydrogen) atoms. The van der Waals surface area contributed by atoms with Crippen LogP contribution in [0.1, 0.15) is 35.9 Å². The van der Waals surface area contributed by atoms with E-state index < -0.39 is 0 Å². The topological polar surface area (TPSA) is 41.1 Å². The summed E-state index contributed by atoms with van der Waals surface area (Å²) in [7, 11) is 0. The van der Waals surface area contributed by atoms with Crippen LogP contribution < -0.4 is 10.6 Å². The summed E-state index contributed by atoms with van der Waals surface area (Å²) in [6.07, 6.45) is 4.39. The molecule has 1 aliphatic heterocycles. The molecule has 1 fully saturated rings. The minimum atomic E-state index is 0. The van der Waals surface area contributed by atoms with Crippen LogP contribution in [0.3, 0.4) is 0 Å². The molecule has 0 aromatic carbocycles. The van der Waals surface area contributed by atoms with Crippen molar-refractivity contribution in [1.82, 2.24) is 10.6 Å². The van der Waals surface area contributed by atoms with Crippen molar-refractivity contribution in [2.45, 2.75) is 45.2 Å². The number of carbonyl (C=O) groups is 1. The van der Waals surface area contributed by atoms with Crippen LogP contribution in [-0.4, -0.2) is 18.5 Å². The fraction of sp³-hybridized carbons (Fsp3) is 0.615. The molecule has 0 radical (unpaired) electrons. The number of amides is 1. The molecule has 5 heteroatoms. The van der Waals surface area contributed by atoms with Crippen LogP contribution in [0, 0.1) is 0 Å². The molecule has 2 N–H and O–H groups in total. The highest BCUT2D eigenvalue weighted by Crippen LogP contribution is 2.16. The zero-order valence-corrected chi connectivity index (χ0v) is 12.3. The lowest BCUT2D eigenvalue weighted by Crippen LogP contribution is -2.46. The standard InChI is InChI=1S/C13H20N2OS.ClH/c1-2-10-6-7-11(17-10)9-15-13(16)12-5-3-4-8-14-12;/h6-7,12,14H,2-5,8-9H2,1H3,(H,15,16);1H/t12-;/m1./s1. The van der Waals surface area contributed by atoms with Gasteiger partial charge in [-0.15, -0.1) is 23.7 Å². The van der Waals surface area contributed by atoms with Gasteiger partial charge in [0.15, 0.2) is 0 Å². The van der Waals surface area contributed by atoms with Gasteiger partial charge in [0.1, 0.15) is 0 Å². The van der Waals surface area contributed by atoms with Gasteiger partial charge in [-0.05, 0) is 37.9 Å². The smallest absolute Gasteiger partial charge is 0.237 e. The lowest BCUT2D eigenvalue weighted by Gasteiger charge is -2.22. The van der Waals surface area contributed by atoms with Crippen molar-refractivity contribution in [1.29, 1.82) is 0 Å². The van der Waals surface area contributed by atoms with E-state index in [9.17, 15) is 4.79 Å². The minimum absolute atomic E-state index is 0. The summed E-state index contributed by atoms with van der Waals surface area (Å²) in [5, 5.41) is 6.28. The largest absolute Gasteiger partial charge is 0.350 e. The van der Waals surface area contributed by atoms with E-state index in [0.29, 0.717) is 6.54 Å². The number of carbonyl (C=O) groups excluding carboxylic acids is 1. The van der Waals surface area contributed by atoms with Crippen LogP contribution in [0.15, 0.2) is 12.1 Å². The zero-order valence-electron chi connectivity index (χ0n) is 10.7. The van der Waals surface area contributed by atoms with Gasteiger partial charge >= 0.3 is 0 Å². The number of hydrogen-bond donors (Lipinski definition) is 2. The number of hydrogen-bond acceptors (Lipinski definition) is 3. The van der Waals surface area contributed by atoms with Crippen LogP contribution in [-0.2, 0) is 17.8 Å². The van der Waals surface area contributed by atoms with Gasteiger partial charge in [-0.25, -0.2) is 0 Å². The first-order valence-electron chi connectivity index (χ1n) is 6.38. The van der Waals surface area contributed by atoms with E-state index in [1.807, 2.05) is 0 Å². The summed E-state index contributed by atoms with van der Waals surface area (Å²) in [5.74, 6) is 0.149. The number of thiophene rings is 1. The van der Waals surface area contributed by atoms with Crippen molar-refractivity contribution in [2.75, 3.05) is 6.54 Å². The van der Waals surface area contributed by atoms with E-state index >= 15 is 0 Å². The second-order valence-electron chi connectivity index (χ2n) is 4.44. The van der Waals surface area contributed by atoms with E-state index in [1.54, 1.807) is 11.3 Å².